The van der Waals surface area contributed by atoms with E-state index in [1.165, 1.54) is 0 Å². The molecule has 1 atom stereocenters. The van der Waals surface area contributed by atoms with E-state index >= 15 is 0 Å². The van der Waals surface area contributed by atoms with E-state index in [0.29, 0.717) is 12.1 Å². The van der Waals surface area contributed by atoms with Crippen molar-refractivity contribution in [3.63, 3.8) is 0 Å². The summed E-state index contributed by atoms with van der Waals surface area (Å²) in [5.41, 5.74) is 0.707. The molecule has 1 unspecified atom stereocenters. The van der Waals surface area contributed by atoms with Crippen LogP contribution in [0.1, 0.15) is 23.2 Å². The fraction of sp³-hybridized carbons (Fsp3) is 0.417. The van der Waals surface area contributed by atoms with Gasteiger partial charge in [-0.2, -0.15) is 0 Å². The van der Waals surface area contributed by atoms with Gasteiger partial charge < -0.3 is 10.1 Å². The molecule has 0 radical (unpaired) electrons. The van der Waals surface area contributed by atoms with Crippen molar-refractivity contribution in [3.8, 4) is 0 Å². The molecule has 1 aromatic rings. The van der Waals surface area contributed by atoms with Gasteiger partial charge in [0.2, 0.25) is 0 Å². The maximum atomic E-state index is 11.7. The molecule has 1 N–H and O–H groups in total. The van der Waals surface area contributed by atoms with Gasteiger partial charge in [-0.1, -0.05) is 0 Å². The Morgan fingerprint density at radius 1 is 1.44 bits per heavy atom. The molecule has 1 saturated heterocycles. The van der Waals surface area contributed by atoms with Crippen LogP contribution in [0.25, 0.3) is 0 Å². The molecule has 86 valence electrons. The van der Waals surface area contributed by atoms with Crippen molar-refractivity contribution >= 4 is 28.5 Å². The summed E-state index contributed by atoms with van der Waals surface area (Å²) in [6, 6.07) is 7.54. The summed E-state index contributed by atoms with van der Waals surface area (Å²) >= 11 is 2.22. The van der Waals surface area contributed by atoms with E-state index in [1.807, 2.05) is 24.3 Å². The molecular formula is C12H14INO2. The van der Waals surface area contributed by atoms with E-state index in [0.717, 1.165) is 23.0 Å². The first kappa shape index (κ1) is 11.9. The second-order valence-corrected chi connectivity index (χ2v) is 5.10. The Morgan fingerprint density at radius 3 is 2.81 bits per heavy atom. The van der Waals surface area contributed by atoms with E-state index in [9.17, 15) is 4.79 Å². The molecule has 1 amide bonds. The number of carbonyl (C=O) groups excluding carboxylic acids is 1. The highest BCUT2D eigenvalue weighted by Gasteiger charge is 2.16. The topological polar surface area (TPSA) is 38.3 Å². The van der Waals surface area contributed by atoms with Crippen LogP contribution < -0.4 is 5.32 Å². The summed E-state index contributed by atoms with van der Waals surface area (Å²) < 4.78 is 6.58. The van der Waals surface area contributed by atoms with Crippen LogP contribution in [-0.4, -0.2) is 25.2 Å². The zero-order valence-corrected chi connectivity index (χ0v) is 11.1. The molecular weight excluding hydrogens is 317 g/mol. The average Bonchev–Trinajstić information content (AvgIpc) is 2.80. The maximum absolute atomic E-state index is 11.7. The number of nitrogens with one attached hydrogen (secondary N) is 1. The number of benzene rings is 1. The third kappa shape index (κ3) is 3.18. The predicted octanol–water partition coefficient (Wildman–Crippen LogP) is 2.20. The highest BCUT2D eigenvalue weighted by molar-refractivity contribution is 14.1. The van der Waals surface area contributed by atoms with E-state index in [-0.39, 0.29) is 12.0 Å². The number of halogens is 1. The third-order valence-corrected chi connectivity index (χ3v) is 3.34. The minimum absolute atomic E-state index is 0.0214. The lowest BCUT2D eigenvalue weighted by atomic mass is 10.2. The van der Waals surface area contributed by atoms with Crippen LogP contribution in [0.5, 0.6) is 0 Å². The third-order valence-electron chi connectivity index (χ3n) is 2.62. The van der Waals surface area contributed by atoms with Crippen LogP contribution in [0.3, 0.4) is 0 Å². The van der Waals surface area contributed by atoms with Crippen molar-refractivity contribution in [1.29, 1.82) is 0 Å². The van der Waals surface area contributed by atoms with Crippen molar-refractivity contribution in [3.05, 3.63) is 33.4 Å². The van der Waals surface area contributed by atoms with Gasteiger partial charge in [-0.15, -0.1) is 0 Å². The van der Waals surface area contributed by atoms with Gasteiger partial charge in [-0.05, 0) is 59.7 Å². The molecule has 4 heteroatoms. The molecule has 0 aromatic heterocycles. The number of ether oxygens (including phenoxy) is 1. The van der Waals surface area contributed by atoms with Crippen molar-refractivity contribution in [2.24, 2.45) is 0 Å². The lowest BCUT2D eigenvalue weighted by Gasteiger charge is -2.10. The van der Waals surface area contributed by atoms with E-state index in [2.05, 4.69) is 27.9 Å². The summed E-state index contributed by atoms with van der Waals surface area (Å²) in [5, 5.41) is 2.89. The zero-order chi connectivity index (χ0) is 11.4. The Morgan fingerprint density at radius 2 is 2.19 bits per heavy atom. The van der Waals surface area contributed by atoms with Crippen LogP contribution in [0.4, 0.5) is 0 Å². The number of carbonyl (C=O) groups is 1. The standard InChI is InChI=1S/C12H14INO2/c13-10-5-3-9(4-6-10)12(15)14-8-11-2-1-7-16-11/h3-6,11H,1-2,7-8H2,(H,14,15). The molecule has 1 heterocycles. The van der Waals surface area contributed by atoms with Gasteiger partial charge in [0.1, 0.15) is 0 Å². The first-order valence-corrected chi connectivity index (χ1v) is 6.49. The number of amides is 1. The zero-order valence-electron chi connectivity index (χ0n) is 8.91. The molecule has 1 aliphatic rings. The molecule has 1 aliphatic heterocycles. The summed E-state index contributed by atoms with van der Waals surface area (Å²) in [4.78, 5) is 11.7. The van der Waals surface area contributed by atoms with Gasteiger partial charge in [0, 0.05) is 22.3 Å². The van der Waals surface area contributed by atoms with E-state index < -0.39 is 0 Å². The molecule has 3 nitrogen and oxygen atoms in total. The molecule has 16 heavy (non-hydrogen) atoms. The fourth-order valence-corrected chi connectivity index (χ4v) is 2.07. The Hall–Kier alpha value is -0.620. The quantitative estimate of drug-likeness (QED) is 0.863. The Bertz CT molecular complexity index is 358. The second-order valence-electron chi connectivity index (χ2n) is 3.85. The van der Waals surface area contributed by atoms with Crippen LogP contribution in [0.15, 0.2) is 24.3 Å². The van der Waals surface area contributed by atoms with Gasteiger partial charge >= 0.3 is 0 Å². The van der Waals surface area contributed by atoms with Crippen molar-refractivity contribution in [2.45, 2.75) is 18.9 Å². The largest absolute Gasteiger partial charge is 0.376 e. The molecule has 0 aliphatic carbocycles. The fourth-order valence-electron chi connectivity index (χ4n) is 1.72. The normalized spacial score (nSPS) is 19.7. The smallest absolute Gasteiger partial charge is 0.251 e. The molecule has 1 fully saturated rings. The average molecular weight is 331 g/mol. The van der Waals surface area contributed by atoms with Crippen molar-refractivity contribution in [2.75, 3.05) is 13.2 Å². The minimum Gasteiger partial charge on any atom is -0.376 e. The van der Waals surface area contributed by atoms with Gasteiger partial charge in [0.15, 0.2) is 0 Å². The first-order chi connectivity index (χ1) is 7.75. The summed E-state index contributed by atoms with van der Waals surface area (Å²) in [5.74, 6) is -0.0214. The van der Waals surface area contributed by atoms with Gasteiger partial charge in [0.25, 0.3) is 5.91 Å². The molecule has 1 aromatic carbocycles. The van der Waals surface area contributed by atoms with Gasteiger partial charge in [-0.25, -0.2) is 0 Å². The summed E-state index contributed by atoms with van der Waals surface area (Å²) in [6.45, 7) is 1.44. The van der Waals surface area contributed by atoms with E-state index in [1.54, 1.807) is 0 Å². The Labute approximate surface area is 109 Å². The molecule has 0 saturated carbocycles. The maximum Gasteiger partial charge on any atom is 0.251 e. The Balaban J connectivity index is 1.85. The van der Waals surface area contributed by atoms with Crippen LogP contribution in [0, 0.1) is 3.57 Å². The highest BCUT2D eigenvalue weighted by Crippen LogP contribution is 2.11. The highest BCUT2D eigenvalue weighted by atomic mass is 127. The van der Waals surface area contributed by atoms with Crippen LogP contribution in [-0.2, 0) is 4.74 Å². The van der Waals surface area contributed by atoms with Crippen LogP contribution in [0.2, 0.25) is 0 Å². The Kier molecular flexibility index (Phi) is 4.17. The molecule has 0 spiro atoms. The summed E-state index contributed by atoms with van der Waals surface area (Å²) in [6.07, 6.45) is 2.35. The summed E-state index contributed by atoms with van der Waals surface area (Å²) in [7, 11) is 0. The lowest BCUT2D eigenvalue weighted by molar-refractivity contribution is 0.0858. The van der Waals surface area contributed by atoms with Gasteiger partial charge in [-0.3, -0.25) is 4.79 Å². The minimum atomic E-state index is -0.0214. The number of rotatable bonds is 3. The first-order valence-electron chi connectivity index (χ1n) is 5.41. The lowest BCUT2D eigenvalue weighted by Crippen LogP contribution is -2.31. The van der Waals surface area contributed by atoms with Crippen molar-refractivity contribution < 1.29 is 9.53 Å². The van der Waals surface area contributed by atoms with E-state index in [4.69, 9.17) is 4.74 Å². The number of hydrogen-bond donors (Lipinski definition) is 1. The molecule has 2 rings (SSSR count). The predicted molar refractivity (Wildman–Crippen MR) is 70.5 cm³/mol. The van der Waals surface area contributed by atoms with Gasteiger partial charge in [0.05, 0.1) is 6.10 Å². The second kappa shape index (κ2) is 5.63. The van der Waals surface area contributed by atoms with Crippen molar-refractivity contribution in [1.82, 2.24) is 5.32 Å². The SMILES string of the molecule is O=C(NCC1CCCO1)c1ccc(I)cc1. The molecule has 0 bridgehead atoms. The number of hydrogen-bond acceptors (Lipinski definition) is 2. The van der Waals surface area contributed by atoms with Crippen LogP contribution >= 0.6 is 22.6 Å². The monoisotopic (exact) mass is 331 g/mol.